The molecule has 3 N–H and O–H groups in total. The molecule has 1 atom stereocenters. The van der Waals surface area contributed by atoms with Crippen LogP contribution in [0.2, 0.25) is 0 Å². The van der Waals surface area contributed by atoms with E-state index in [1.807, 2.05) is 91.0 Å². The van der Waals surface area contributed by atoms with Crippen LogP contribution in [-0.2, 0) is 0 Å². The van der Waals surface area contributed by atoms with E-state index in [0.717, 1.165) is 62.3 Å². The van der Waals surface area contributed by atoms with E-state index >= 15 is 0 Å². The number of quaternary nitrogens is 1. The molecule has 0 aliphatic rings. The van der Waals surface area contributed by atoms with Gasteiger partial charge in [-0.15, -0.1) is 5.75 Å². The minimum Gasteiger partial charge on any atom is -0.872 e. The second-order valence-electron chi connectivity index (χ2n) is 14.4. The van der Waals surface area contributed by atoms with Crippen molar-refractivity contribution >= 4 is 22.7 Å². The lowest BCUT2D eigenvalue weighted by Gasteiger charge is -2.37. The van der Waals surface area contributed by atoms with Gasteiger partial charge in [0.05, 0.1) is 21.3 Å². The summed E-state index contributed by atoms with van der Waals surface area (Å²) in [7, 11) is 5.05. The zero-order valence-corrected chi connectivity index (χ0v) is 34.1. The molecule has 306 valence electrons. The molecule has 8 aromatic rings. The number of aromatic hydroxyl groups is 3. The molecule has 0 aromatic heterocycles. The Kier molecular flexibility index (Phi) is 12.9. The summed E-state index contributed by atoms with van der Waals surface area (Å²) in [4.78, 5) is 0. The van der Waals surface area contributed by atoms with Crippen molar-refractivity contribution in [3.8, 4) is 40.2 Å². The number of phenols is 3. The van der Waals surface area contributed by atoms with Crippen molar-refractivity contribution in [3.63, 3.8) is 0 Å². The third-order valence-corrected chi connectivity index (χ3v) is 10.9. The molecule has 8 aromatic carbocycles. The molecule has 8 nitrogen and oxygen atoms in total. The van der Waals surface area contributed by atoms with E-state index in [0.29, 0.717) is 4.48 Å². The highest BCUT2D eigenvalue weighted by Gasteiger charge is 2.39. The van der Waals surface area contributed by atoms with Gasteiger partial charge in [0, 0.05) is 60.4 Å². The van der Waals surface area contributed by atoms with Gasteiger partial charge in [-0.1, -0.05) is 78.9 Å². The molecule has 0 aliphatic carbocycles. The van der Waals surface area contributed by atoms with Gasteiger partial charge in [0.2, 0.25) is 0 Å². The molecular weight excluding hydrogens is 763 g/mol. The van der Waals surface area contributed by atoms with Crippen LogP contribution in [0.5, 0.6) is 40.2 Å². The first kappa shape index (κ1) is 41.5. The molecule has 0 amide bonds. The minimum absolute atomic E-state index is 0.0611. The van der Waals surface area contributed by atoms with Crippen LogP contribution in [0.15, 0.2) is 200 Å². The van der Waals surface area contributed by atoms with Crippen LogP contribution >= 0.6 is 0 Å². The van der Waals surface area contributed by atoms with E-state index in [1.54, 1.807) is 69.9 Å². The maximum Gasteiger partial charge on any atom is 0.148 e. The third kappa shape index (κ3) is 9.15. The second-order valence-corrected chi connectivity index (χ2v) is 14.4. The van der Waals surface area contributed by atoms with Crippen LogP contribution in [-0.4, -0.2) is 36.6 Å². The van der Waals surface area contributed by atoms with Crippen molar-refractivity contribution in [1.29, 1.82) is 0 Å². The summed E-state index contributed by atoms with van der Waals surface area (Å²) in [6.45, 7) is 0. The summed E-state index contributed by atoms with van der Waals surface area (Å²) >= 11 is 0. The van der Waals surface area contributed by atoms with Crippen LogP contribution in [0.25, 0.3) is 0 Å². The van der Waals surface area contributed by atoms with Crippen molar-refractivity contribution in [2.24, 2.45) is 0 Å². The van der Waals surface area contributed by atoms with E-state index in [1.165, 1.54) is 0 Å². The van der Waals surface area contributed by atoms with Crippen molar-refractivity contribution in [1.82, 2.24) is 4.48 Å². The van der Waals surface area contributed by atoms with E-state index in [4.69, 9.17) is 14.2 Å². The van der Waals surface area contributed by atoms with Gasteiger partial charge in [-0.3, -0.25) is 0 Å². The van der Waals surface area contributed by atoms with Gasteiger partial charge in [-0.05, 0) is 95.1 Å². The number of benzene rings is 8. The Balaban J connectivity index is 0.000000184. The quantitative estimate of drug-likeness (QED) is 0.105. The smallest absolute Gasteiger partial charge is 0.148 e. The van der Waals surface area contributed by atoms with Crippen molar-refractivity contribution in [2.45, 2.75) is 11.8 Å². The predicted octanol–water partition coefficient (Wildman–Crippen LogP) is 11.9. The Morgan fingerprint density at radius 1 is 0.344 bits per heavy atom. The van der Waals surface area contributed by atoms with Crippen LogP contribution in [0.1, 0.15) is 34.1 Å². The summed E-state index contributed by atoms with van der Waals surface area (Å²) < 4.78 is 16.7. The van der Waals surface area contributed by atoms with Crippen molar-refractivity contribution in [3.05, 3.63) is 222 Å². The fourth-order valence-electron chi connectivity index (χ4n) is 7.84. The Hall–Kier alpha value is -7.68. The van der Waals surface area contributed by atoms with Crippen LogP contribution < -0.4 is 23.8 Å². The summed E-state index contributed by atoms with van der Waals surface area (Å²) in [6, 6.07) is 63.0. The lowest BCUT2D eigenvalue weighted by atomic mass is 9.73. The number of phenolic OH excluding ortho intramolecular Hbond substituents is 3. The molecule has 0 saturated carbocycles. The average Bonchev–Trinajstić information content (AvgIpc) is 3.31. The highest BCUT2D eigenvalue weighted by Crippen LogP contribution is 2.52. The molecular formula is C53H47NO7. The van der Waals surface area contributed by atoms with Gasteiger partial charge in [0.15, 0.2) is 0 Å². The third-order valence-electron chi connectivity index (χ3n) is 10.9. The largest absolute Gasteiger partial charge is 0.872 e. The number of para-hydroxylation sites is 1. The average molecular weight is 810 g/mol. The topological polar surface area (TPSA) is 111 Å². The molecule has 1 unspecified atom stereocenters. The molecule has 0 aliphatic heterocycles. The first-order valence-electron chi connectivity index (χ1n) is 19.8. The number of rotatable bonds is 12. The van der Waals surface area contributed by atoms with Gasteiger partial charge in [0.25, 0.3) is 0 Å². The monoisotopic (exact) mass is 809 g/mol. The zero-order valence-electron chi connectivity index (χ0n) is 34.1. The Morgan fingerprint density at radius 2 is 0.607 bits per heavy atom. The highest BCUT2D eigenvalue weighted by molar-refractivity contribution is 5.82. The lowest BCUT2D eigenvalue weighted by Crippen LogP contribution is -2.33. The Bertz CT molecular complexity index is 2280. The minimum atomic E-state index is -0.166. The van der Waals surface area contributed by atoms with Crippen molar-refractivity contribution in [2.75, 3.05) is 21.3 Å². The molecule has 0 saturated heterocycles. The highest BCUT2D eigenvalue weighted by atomic mass is 16.5. The van der Waals surface area contributed by atoms with E-state index in [2.05, 4.69) is 60.7 Å². The number of hydrogen-bond donors (Lipinski definition) is 3. The normalized spacial score (nSPS) is 11.5. The molecule has 8 rings (SSSR count). The summed E-state index contributed by atoms with van der Waals surface area (Å²) in [5.41, 5.74) is 8.24. The van der Waals surface area contributed by atoms with E-state index < -0.39 is 0 Å². The number of ether oxygens (including phenoxy) is 3. The zero-order chi connectivity index (χ0) is 42.8. The molecule has 0 spiro atoms. The molecule has 0 radical (unpaired) electrons. The van der Waals surface area contributed by atoms with Gasteiger partial charge < -0.3 is 34.6 Å². The second kappa shape index (κ2) is 18.9. The van der Waals surface area contributed by atoms with E-state index in [9.17, 15) is 20.4 Å². The number of hydrogen-bond acceptors (Lipinski definition) is 7. The first-order valence-corrected chi connectivity index (χ1v) is 19.8. The van der Waals surface area contributed by atoms with Crippen LogP contribution in [0.3, 0.4) is 0 Å². The van der Waals surface area contributed by atoms with Gasteiger partial charge in [-0.25, -0.2) is 0 Å². The Morgan fingerprint density at radius 3 is 0.885 bits per heavy atom. The standard InChI is InChI=1S/C27H26NO3.C26H22O4/c1-29-25-15-9-22(10-16-25)28(21-7-5-4-6-8-21,23-11-17-26(30-2)18-12-23)24-13-19-27(31-3)20-14-24;27-21-9-1-17(2-10-21)25(18-3-11-22(28)12-4-18)26(19-5-13-23(29)14-6-19)20-7-15-24(30)16-8-20/h4-20H,1-3H3;1-16,25-30H/q+1;/p-1. The van der Waals surface area contributed by atoms with Crippen LogP contribution in [0, 0.1) is 0 Å². The lowest BCUT2D eigenvalue weighted by molar-refractivity contribution is -0.268. The Labute approximate surface area is 356 Å². The van der Waals surface area contributed by atoms with Gasteiger partial charge in [0.1, 0.15) is 57.2 Å². The summed E-state index contributed by atoms with van der Waals surface area (Å²) in [6.07, 6.45) is 0. The molecule has 8 heteroatoms. The number of nitrogens with zero attached hydrogens (tertiary/aromatic N) is 1. The summed E-state index contributed by atoms with van der Waals surface area (Å²) in [5.74, 6) is 2.61. The van der Waals surface area contributed by atoms with Gasteiger partial charge >= 0.3 is 0 Å². The molecule has 0 fully saturated rings. The molecule has 61 heavy (non-hydrogen) atoms. The maximum atomic E-state index is 11.7. The SMILES string of the molecule is COc1ccc([N+](c2ccccc2)(c2ccc(OC)cc2)c2ccc(OC)cc2)cc1.[O-]c1ccc(C(c2ccc(O)cc2)C(c2ccc(O)cc2)c2ccc(O)cc2)cc1. The predicted molar refractivity (Wildman–Crippen MR) is 240 cm³/mol. The van der Waals surface area contributed by atoms with Gasteiger partial charge in [-0.2, -0.15) is 4.48 Å². The molecule has 0 heterocycles. The fraction of sp³-hybridized carbons (Fsp3) is 0.0943. The number of methoxy groups -OCH3 is 3. The summed E-state index contributed by atoms with van der Waals surface area (Å²) in [5, 5.41) is 41.1. The van der Waals surface area contributed by atoms with Crippen LogP contribution in [0.4, 0.5) is 22.7 Å². The maximum absolute atomic E-state index is 11.7. The van der Waals surface area contributed by atoms with E-state index in [-0.39, 0.29) is 34.8 Å². The first-order chi connectivity index (χ1) is 29.7. The molecule has 0 bridgehead atoms. The van der Waals surface area contributed by atoms with Crippen molar-refractivity contribution < 1.29 is 34.6 Å². The fourth-order valence-corrected chi connectivity index (χ4v) is 7.84.